The van der Waals surface area contributed by atoms with Gasteiger partial charge in [0.25, 0.3) is 0 Å². The molecule has 1 aliphatic rings. The van der Waals surface area contributed by atoms with Crippen LogP contribution in [0.5, 0.6) is 0 Å². The Morgan fingerprint density at radius 1 is 1.50 bits per heavy atom. The number of sulfonamides is 1. The number of rotatable bonds is 5. The second-order valence-electron chi connectivity index (χ2n) is 5.79. The van der Waals surface area contributed by atoms with Crippen LogP contribution in [0.4, 0.5) is 4.79 Å². The molecule has 0 aliphatic carbocycles. The van der Waals surface area contributed by atoms with E-state index in [1.165, 1.54) is 0 Å². The maximum Gasteiger partial charge on any atom is 0.317 e. The summed E-state index contributed by atoms with van der Waals surface area (Å²) in [4.78, 5) is 17.9. The first-order chi connectivity index (χ1) is 10.3. The molecule has 0 aromatic carbocycles. The lowest BCUT2D eigenvalue weighted by atomic mass is 10.1. The Labute approximate surface area is 130 Å². The lowest BCUT2D eigenvalue weighted by Crippen LogP contribution is -2.53. The number of carbonyl (C=O) groups excluding carboxylic acids is 1. The van der Waals surface area contributed by atoms with Gasteiger partial charge in [0, 0.05) is 44.1 Å². The SMILES string of the molecule is C[C@@H](Cn1ccnc1)NC(=O)N1CCC[C@H](NS(C)(=O)=O)C1. The van der Waals surface area contributed by atoms with E-state index in [2.05, 4.69) is 15.0 Å². The molecule has 124 valence electrons. The summed E-state index contributed by atoms with van der Waals surface area (Å²) in [5, 5.41) is 2.93. The first-order valence-electron chi connectivity index (χ1n) is 7.32. The van der Waals surface area contributed by atoms with E-state index >= 15 is 0 Å². The molecule has 1 saturated heterocycles. The lowest BCUT2D eigenvalue weighted by Gasteiger charge is -2.33. The third-order valence-corrected chi connectivity index (χ3v) is 4.26. The zero-order valence-electron chi connectivity index (χ0n) is 12.9. The monoisotopic (exact) mass is 329 g/mol. The molecule has 1 fully saturated rings. The zero-order valence-corrected chi connectivity index (χ0v) is 13.7. The van der Waals surface area contributed by atoms with E-state index < -0.39 is 10.0 Å². The number of nitrogens with zero attached hydrogens (tertiary/aromatic N) is 3. The highest BCUT2D eigenvalue weighted by molar-refractivity contribution is 7.88. The van der Waals surface area contributed by atoms with Gasteiger partial charge < -0.3 is 14.8 Å². The Hall–Kier alpha value is -1.61. The van der Waals surface area contributed by atoms with Crippen LogP contribution in [0, 0.1) is 0 Å². The van der Waals surface area contributed by atoms with Crippen molar-refractivity contribution >= 4 is 16.1 Å². The van der Waals surface area contributed by atoms with Crippen LogP contribution in [0.2, 0.25) is 0 Å². The summed E-state index contributed by atoms with van der Waals surface area (Å²) in [6.07, 6.45) is 7.92. The summed E-state index contributed by atoms with van der Waals surface area (Å²) >= 11 is 0. The van der Waals surface area contributed by atoms with Gasteiger partial charge in [-0.25, -0.2) is 22.9 Å². The molecular weight excluding hydrogens is 306 g/mol. The largest absolute Gasteiger partial charge is 0.335 e. The molecule has 1 aromatic rings. The molecule has 22 heavy (non-hydrogen) atoms. The second-order valence-corrected chi connectivity index (χ2v) is 7.57. The predicted octanol–water partition coefficient (Wildman–Crippen LogP) is -0.00520. The van der Waals surface area contributed by atoms with Crippen molar-refractivity contribution in [1.82, 2.24) is 24.5 Å². The summed E-state index contributed by atoms with van der Waals surface area (Å²) in [5.74, 6) is 0. The summed E-state index contributed by atoms with van der Waals surface area (Å²) in [7, 11) is -3.25. The summed E-state index contributed by atoms with van der Waals surface area (Å²) in [6, 6.07) is -0.406. The van der Waals surface area contributed by atoms with Crippen molar-refractivity contribution in [2.24, 2.45) is 0 Å². The smallest absolute Gasteiger partial charge is 0.317 e. The molecule has 0 bridgehead atoms. The lowest BCUT2D eigenvalue weighted by molar-refractivity contribution is 0.173. The van der Waals surface area contributed by atoms with Crippen LogP contribution in [-0.2, 0) is 16.6 Å². The van der Waals surface area contributed by atoms with Crippen LogP contribution in [0.1, 0.15) is 19.8 Å². The van der Waals surface area contributed by atoms with Crippen molar-refractivity contribution in [3.63, 3.8) is 0 Å². The summed E-state index contributed by atoms with van der Waals surface area (Å²) in [6.45, 7) is 3.61. The minimum atomic E-state index is -3.25. The van der Waals surface area contributed by atoms with E-state index in [0.29, 0.717) is 19.6 Å². The van der Waals surface area contributed by atoms with Crippen LogP contribution in [0.25, 0.3) is 0 Å². The van der Waals surface area contributed by atoms with Gasteiger partial charge in [-0.15, -0.1) is 0 Å². The number of hydrogen-bond acceptors (Lipinski definition) is 4. The number of piperidine rings is 1. The summed E-state index contributed by atoms with van der Waals surface area (Å²) in [5.41, 5.74) is 0. The Morgan fingerprint density at radius 3 is 2.91 bits per heavy atom. The van der Waals surface area contributed by atoms with Crippen molar-refractivity contribution in [2.45, 2.75) is 38.4 Å². The molecule has 1 aromatic heterocycles. The molecule has 8 nitrogen and oxygen atoms in total. The summed E-state index contributed by atoms with van der Waals surface area (Å²) < 4.78 is 27.1. The van der Waals surface area contributed by atoms with Crippen molar-refractivity contribution in [1.29, 1.82) is 0 Å². The highest BCUT2D eigenvalue weighted by atomic mass is 32.2. The fraction of sp³-hybridized carbons (Fsp3) is 0.692. The van der Waals surface area contributed by atoms with Crippen LogP contribution < -0.4 is 10.0 Å². The van der Waals surface area contributed by atoms with Crippen LogP contribution in [-0.4, -0.2) is 60.3 Å². The predicted molar refractivity (Wildman–Crippen MR) is 82.8 cm³/mol. The normalized spacial score (nSPS) is 20.6. The standard InChI is InChI=1S/C13H23N5O3S/c1-11(8-17-7-5-14-10-17)15-13(19)18-6-3-4-12(9-18)16-22(2,20)21/h5,7,10-12,16H,3-4,6,8-9H2,1-2H3,(H,15,19)/t11-,12-/m0/s1. The van der Waals surface area contributed by atoms with Crippen molar-refractivity contribution in [3.8, 4) is 0 Å². The van der Waals surface area contributed by atoms with Gasteiger partial charge in [0.2, 0.25) is 10.0 Å². The molecule has 2 rings (SSSR count). The molecule has 2 atom stereocenters. The van der Waals surface area contributed by atoms with Gasteiger partial charge in [-0.2, -0.15) is 0 Å². The van der Waals surface area contributed by atoms with E-state index in [1.54, 1.807) is 17.4 Å². The molecule has 0 saturated carbocycles. The number of likely N-dealkylation sites (tertiary alicyclic amines) is 1. The Balaban J connectivity index is 1.83. The zero-order chi connectivity index (χ0) is 16.2. The molecule has 0 spiro atoms. The van der Waals surface area contributed by atoms with Gasteiger partial charge in [-0.3, -0.25) is 0 Å². The van der Waals surface area contributed by atoms with Crippen LogP contribution >= 0.6 is 0 Å². The minimum absolute atomic E-state index is 0.0371. The third-order valence-electron chi connectivity index (χ3n) is 3.50. The average Bonchev–Trinajstić information content (AvgIpc) is 2.89. The molecule has 1 aliphatic heterocycles. The van der Waals surface area contributed by atoms with Crippen molar-refractivity contribution < 1.29 is 13.2 Å². The Morgan fingerprint density at radius 2 is 2.27 bits per heavy atom. The van der Waals surface area contributed by atoms with Crippen molar-refractivity contribution in [3.05, 3.63) is 18.7 Å². The Bertz CT molecular complexity index is 587. The van der Waals surface area contributed by atoms with Gasteiger partial charge in [0.1, 0.15) is 0 Å². The van der Waals surface area contributed by atoms with E-state index in [4.69, 9.17) is 0 Å². The first-order valence-corrected chi connectivity index (χ1v) is 9.21. The van der Waals surface area contributed by atoms with Gasteiger partial charge in [-0.1, -0.05) is 0 Å². The highest BCUT2D eigenvalue weighted by Gasteiger charge is 2.26. The molecule has 9 heteroatoms. The molecular formula is C13H23N5O3S. The number of carbonyl (C=O) groups is 1. The highest BCUT2D eigenvalue weighted by Crippen LogP contribution is 2.11. The van der Waals surface area contributed by atoms with Gasteiger partial charge >= 0.3 is 6.03 Å². The van der Waals surface area contributed by atoms with E-state index in [1.807, 2.05) is 17.7 Å². The molecule has 0 unspecified atom stereocenters. The number of nitrogens with one attached hydrogen (secondary N) is 2. The maximum atomic E-state index is 12.3. The molecule has 0 radical (unpaired) electrons. The fourth-order valence-electron chi connectivity index (χ4n) is 2.62. The minimum Gasteiger partial charge on any atom is -0.335 e. The Kier molecular flexibility index (Phi) is 5.41. The first kappa shape index (κ1) is 16.8. The fourth-order valence-corrected chi connectivity index (χ4v) is 3.42. The van der Waals surface area contributed by atoms with E-state index in [-0.39, 0.29) is 18.1 Å². The van der Waals surface area contributed by atoms with E-state index in [9.17, 15) is 13.2 Å². The molecule has 2 heterocycles. The third kappa shape index (κ3) is 5.30. The number of amides is 2. The van der Waals surface area contributed by atoms with Gasteiger partial charge in [0.15, 0.2) is 0 Å². The van der Waals surface area contributed by atoms with Crippen LogP contribution in [0.15, 0.2) is 18.7 Å². The number of aromatic nitrogens is 2. The second kappa shape index (κ2) is 7.10. The van der Waals surface area contributed by atoms with Gasteiger partial charge in [0.05, 0.1) is 12.6 Å². The van der Waals surface area contributed by atoms with Crippen LogP contribution in [0.3, 0.4) is 0 Å². The molecule has 2 N–H and O–H groups in total. The number of hydrogen-bond donors (Lipinski definition) is 2. The van der Waals surface area contributed by atoms with E-state index in [0.717, 1.165) is 19.1 Å². The molecule has 2 amide bonds. The van der Waals surface area contributed by atoms with Crippen molar-refractivity contribution in [2.75, 3.05) is 19.3 Å². The maximum absolute atomic E-state index is 12.3. The average molecular weight is 329 g/mol. The van der Waals surface area contributed by atoms with Gasteiger partial charge in [-0.05, 0) is 19.8 Å². The topological polar surface area (TPSA) is 96.3 Å². The quantitative estimate of drug-likeness (QED) is 0.794. The number of imidazole rings is 1. The number of urea groups is 1.